The third kappa shape index (κ3) is 4.67. The molecular weight excluding hydrogens is 314 g/mol. The highest BCUT2D eigenvalue weighted by Gasteiger charge is 2.10. The van der Waals surface area contributed by atoms with Crippen LogP contribution in [-0.4, -0.2) is 28.0 Å². The number of amides is 1. The van der Waals surface area contributed by atoms with Crippen LogP contribution in [0.15, 0.2) is 40.1 Å². The Labute approximate surface area is 137 Å². The Kier molecular flexibility index (Phi) is 5.31. The first-order valence-corrected chi connectivity index (χ1v) is 7.17. The highest BCUT2D eigenvalue weighted by Crippen LogP contribution is 2.16. The van der Waals surface area contributed by atoms with E-state index in [1.54, 1.807) is 0 Å². The number of H-pyrrole nitrogens is 1. The molecule has 1 heterocycles. The van der Waals surface area contributed by atoms with Gasteiger partial charge in [-0.05, 0) is 31.0 Å². The maximum absolute atomic E-state index is 11.8. The number of carbonyl (C=O) groups excluding carboxylic acids is 2. The molecule has 0 saturated carbocycles. The van der Waals surface area contributed by atoms with Crippen LogP contribution in [-0.2, 0) is 20.9 Å². The first kappa shape index (κ1) is 17.2. The van der Waals surface area contributed by atoms with Gasteiger partial charge in [-0.3, -0.25) is 23.9 Å². The van der Waals surface area contributed by atoms with Crippen molar-refractivity contribution >= 4 is 17.6 Å². The molecule has 8 heteroatoms. The van der Waals surface area contributed by atoms with Crippen molar-refractivity contribution in [3.05, 3.63) is 62.4 Å². The van der Waals surface area contributed by atoms with Crippen LogP contribution in [0.25, 0.3) is 0 Å². The van der Waals surface area contributed by atoms with Gasteiger partial charge in [0.1, 0.15) is 6.54 Å². The van der Waals surface area contributed by atoms with Crippen LogP contribution >= 0.6 is 0 Å². The van der Waals surface area contributed by atoms with Crippen LogP contribution in [0.2, 0.25) is 0 Å². The minimum Gasteiger partial charge on any atom is -0.454 e. The number of nitrogens with one attached hydrogen (secondary N) is 2. The van der Waals surface area contributed by atoms with Gasteiger partial charge in [-0.2, -0.15) is 0 Å². The molecule has 2 aromatic rings. The fraction of sp³-hybridized carbons (Fsp3) is 0.250. The van der Waals surface area contributed by atoms with Gasteiger partial charge in [0.25, 0.3) is 11.5 Å². The number of ether oxygens (including phenoxy) is 1. The number of carbonyl (C=O) groups is 2. The minimum absolute atomic E-state index is 0.396. The molecule has 1 aromatic heterocycles. The lowest BCUT2D eigenvalue weighted by atomic mass is 10.1. The average Bonchev–Trinajstić information content (AvgIpc) is 2.52. The van der Waals surface area contributed by atoms with E-state index in [0.717, 1.165) is 21.8 Å². The summed E-state index contributed by atoms with van der Waals surface area (Å²) >= 11 is 0. The van der Waals surface area contributed by atoms with E-state index in [-0.39, 0.29) is 0 Å². The first-order valence-electron chi connectivity index (χ1n) is 7.17. The van der Waals surface area contributed by atoms with E-state index in [1.807, 2.05) is 37.0 Å². The standard InChI is InChI=1S/C16H17N3O5/c1-10-3-4-11(2)12(7-10)17-14(21)9-24-15(22)8-19-6-5-13(20)18-16(19)23/h3-7H,8-9H2,1-2H3,(H,17,21)(H,18,20,23). The topological polar surface area (TPSA) is 110 Å². The minimum atomic E-state index is -0.764. The van der Waals surface area contributed by atoms with E-state index in [0.29, 0.717) is 5.69 Å². The third-order valence-corrected chi connectivity index (χ3v) is 3.23. The smallest absolute Gasteiger partial charge is 0.328 e. The SMILES string of the molecule is Cc1ccc(C)c(NC(=O)COC(=O)Cn2ccc(=O)[nH]c2=O)c1. The summed E-state index contributed by atoms with van der Waals surface area (Å²) in [6.07, 6.45) is 1.18. The van der Waals surface area contributed by atoms with Crippen molar-refractivity contribution in [1.82, 2.24) is 9.55 Å². The van der Waals surface area contributed by atoms with E-state index in [2.05, 4.69) is 5.32 Å². The van der Waals surface area contributed by atoms with Gasteiger partial charge in [0.15, 0.2) is 6.61 Å². The van der Waals surface area contributed by atoms with E-state index >= 15 is 0 Å². The molecule has 8 nitrogen and oxygen atoms in total. The predicted molar refractivity (Wildman–Crippen MR) is 86.8 cm³/mol. The number of aryl methyl sites for hydroxylation is 2. The van der Waals surface area contributed by atoms with Crippen LogP contribution in [0.3, 0.4) is 0 Å². The monoisotopic (exact) mass is 331 g/mol. The van der Waals surface area contributed by atoms with Crippen LogP contribution in [0.4, 0.5) is 5.69 Å². The van der Waals surface area contributed by atoms with Gasteiger partial charge >= 0.3 is 11.7 Å². The van der Waals surface area contributed by atoms with Crippen molar-refractivity contribution in [2.24, 2.45) is 0 Å². The first-order chi connectivity index (χ1) is 11.3. The van der Waals surface area contributed by atoms with Gasteiger partial charge in [0.05, 0.1) is 0 Å². The Morgan fingerprint density at radius 1 is 1.21 bits per heavy atom. The van der Waals surface area contributed by atoms with E-state index in [1.165, 1.54) is 6.20 Å². The summed E-state index contributed by atoms with van der Waals surface area (Å²) in [6.45, 7) is 2.89. The van der Waals surface area contributed by atoms with Crippen molar-refractivity contribution in [1.29, 1.82) is 0 Å². The van der Waals surface area contributed by atoms with Crippen molar-refractivity contribution in [3.8, 4) is 0 Å². The van der Waals surface area contributed by atoms with E-state index in [4.69, 9.17) is 4.74 Å². The number of hydrogen-bond acceptors (Lipinski definition) is 5. The Bertz CT molecular complexity index is 882. The highest BCUT2D eigenvalue weighted by molar-refractivity contribution is 5.93. The molecule has 0 unspecified atom stereocenters. The van der Waals surface area contributed by atoms with Gasteiger partial charge in [0.2, 0.25) is 0 Å². The summed E-state index contributed by atoms with van der Waals surface area (Å²) in [4.78, 5) is 47.9. The molecule has 1 amide bonds. The lowest BCUT2D eigenvalue weighted by molar-refractivity contribution is -0.148. The van der Waals surface area contributed by atoms with Crippen molar-refractivity contribution < 1.29 is 14.3 Å². The maximum atomic E-state index is 11.8. The van der Waals surface area contributed by atoms with Crippen LogP contribution < -0.4 is 16.6 Å². The van der Waals surface area contributed by atoms with Gasteiger partial charge in [-0.15, -0.1) is 0 Å². The van der Waals surface area contributed by atoms with E-state index in [9.17, 15) is 19.2 Å². The largest absolute Gasteiger partial charge is 0.454 e. The number of esters is 1. The summed E-state index contributed by atoms with van der Waals surface area (Å²) in [5, 5.41) is 2.66. The molecule has 0 aliphatic carbocycles. The second kappa shape index (κ2) is 7.40. The second-order valence-electron chi connectivity index (χ2n) is 5.27. The number of nitrogens with zero attached hydrogens (tertiary/aromatic N) is 1. The molecule has 0 spiro atoms. The van der Waals surface area contributed by atoms with Crippen LogP contribution in [0, 0.1) is 13.8 Å². The summed E-state index contributed by atoms with van der Waals surface area (Å²) < 4.78 is 5.81. The maximum Gasteiger partial charge on any atom is 0.328 e. The molecule has 0 saturated heterocycles. The average molecular weight is 331 g/mol. The Morgan fingerprint density at radius 2 is 1.96 bits per heavy atom. The second-order valence-corrected chi connectivity index (χ2v) is 5.27. The molecule has 2 rings (SSSR count). The molecule has 1 aromatic carbocycles. The molecule has 0 fully saturated rings. The van der Waals surface area contributed by atoms with Crippen molar-refractivity contribution in [2.45, 2.75) is 20.4 Å². The highest BCUT2D eigenvalue weighted by atomic mass is 16.5. The van der Waals surface area contributed by atoms with Crippen molar-refractivity contribution in [2.75, 3.05) is 11.9 Å². The summed E-state index contributed by atoms with van der Waals surface area (Å²) in [7, 11) is 0. The van der Waals surface area contributed by atoms with Crippen LogP contribution in [0.5, 0.6) is 0 Å². The molecule has 126 valence electrons. The van der Waals surface area contributed by atoms with Crippen LogP contribution in [0.1, 0.15) is 11.1 Å². The van der Waals surface area contributed by atoms with Gasteiger partial charge in [0, 0.05) is 18.0 Å². The predicted octanol–water partition coefficient (Wildman–Crippen LogP) is 0.335. The Morgan fingerprint density at radius 3 is 2.67 bits per heavy atom. The van der Waals surface area contributed by atoms with Crippen molar-refractivity contribution in [3.63, 3.8) is 0 Å². The lowest BCUT2D eigenvalue weighted by Gasteiger charge is -2.10. The molecule has 0 radical (unpaired) electrons. The fourth-order valence-corrected chi connectivity index (χ4v) is 1.96. The molecule has 2 N–H and O–H groups in total. The van der Waals surface area contributed by atoms with Gasteiger partial charge < -0.3 is 10.1 Å². The molecular formula is C16H17N3O5. The zero-order chi connectivity index (χ0) is 17.7. The quantitative estimate of drug-likeness (QED) is 0.768. The number of anilines is 1. The molecule has 24 heavy (non-hydrogen) atoms. The normalized spacial score (nSPS) is 10.2. The Hall–Kier alpha value is -3.16. The molecule has 0 atom stereocenters. The van der Waals surface area contributed by atoms with Gasteiger partial charge in [-0.25, -0.2) is 4.79 Å². The number of hydrogen-bond donors (Lipinski definition) is 2. The van der Waals surface area contributed by atoms with E-state index < -0.39 is 36.3 Å². The Balaban J connectivity index is 1.89. The number of rotatable bonds is 5. The number of benzene rings is 1. The number of aromatic amines is 1. The zero-order valence-corrected chi connectivity index (χ0v) is 13.3. The molecule has 0 aliphatic heterocycles. The summed E-state index contributed by atoms with van der Waals surface area (Å²) in [6, 6.07) is 6.73. The fourth-order valence-electron chi connectivity index (χ4n) is 1.96. The molecule has 0 bridgehead atoms. The summed E-state index contributed by atoms with van der Waals surface area (Å²) in [5.74, 6) is -1.24. The number of aromatic nitrogens is 2. The molecule has 0 aliphatic rings. The zero-order valence-electron chi connectivity index (χ0n) is 13.3. The van der Waals surface area contributed by atoms with Gasteiger partial charge in [-0.1, -0.05) is 12.1 Å². The lowest BCUT2D eigenvalue weighted by Crippen LogP contribution is -2.32. The summed E-state index contributed by atoms with van der Waals surface area (Å²) in [5.41, 5.74) is 1.25. The third-order valence-electron chi connectivity index (χ3n) is 3.23.